The first-order valence-corrected chi connectivity index (χ1v) is 6.46. The van der Waals surface area contributed by atoms with Crippen LogP contribution in [0.15, 0.2) is 36.5 Å². The van der Waals surface area contributed by atoms with Gasteiger partial charge in [0.15, 0.2) is 0 Å². The van der Waals surface area contributed by atoms with Crippen molar-refractivity contribution in [3.63, 3.8) is 0 Å². The van der Waals surface area contributed by atoms with Crippen molar-refractivity contribution in [2.75, 3.05) is 5.32 Å². The van der Waals surface area contributed by atoms with E-state index in [1.807, 2.05) is 25.1 Å². The lowest BCUT2D eigenvalue weighted by Crippen LogP contribution is -2.10. The summed E-state index contributed by atoms with van der Waals surface area (Å²) in [6.07, 6.45) is 1.29. The van der Waals surface area contributed by atoms with Gasteiger partial charge in [0.1, 0.15) is 6.07 Å². The number of pyridine rings is 1. The number of benzene rings is 1. The van der Waals surface area contributed by atoms with Gasteiger partial charge >= 0.3 is 5.69 Å². The van der Waals surface area contributed by atoms with Gasteiger partial charge in [0.05, 0.1) is 16.5 Å². The molecule has 0 bridgehead atoms. The van der Waals surface area contributed by atoms with Crippen LogP contribution in [0.5, 0.6) is 0 Å². The van der Waals surface area contributed by atoms with Gasteiger partial charge in [-0.15, -0.1) is 0 Å². The van der Waals surface area contributed by atoms with Crippen molar-refractivity contribution in [2.45, 2.75) is 13.0 Å². The van der Waals surface area contributed by atoms with Crippen molar-refractivity contribution in [1.82, 2.24) is 4.98 Å². The first-order valence-electron chi connectivity index (χ1n) is 6.08. The maximum absolute atomic E-state index is 11.1. The van der Waals surface area contributed by atoms with Gasteiger partial charge in [0, 0.05) is 17.3 Å². The Morgan fingerprint density at radius 2 is 2.19 bits per heavy atom. The van der Waals surface area contributed by atoms with Gasteiger partial charge < -0.3 is 5.32 Å². The predicted octanol–water partition coefficient (Wildman–Crippen LogP) is 3.69. The number of rotatable bonds is 4. The normalized spacial score (nSPS) is 11.5. The quantitative estimate of drug-likeness (QED) is 0.687. The molecule has 21 heavy (non-hydrogen) atoms. The summed E-state index contributed by atoms with van der Waals surface area (Å²) >= 11 is 6.10. The zero-order chi connectivity index (χ0) is 15.4. The molecule has 1 unspecified atom stereocenters. The lowest BCUT2D eigenvalue weighted by atomic mass is 10.1. The maximum atomic E-state index is 11.1. The highest BCUT2D eigenvalue weighted by Crippen LogP contribution is 2.29. The van der Waals surface area contributed by atoms with Gasteiger partial charge in [0.25, 0.3) is 0 Å². The molecule has 2 aromatic rings. The molecule has 1 atom stereocenters. The molecule has 0 saturated heterocycles. The SMILES string of the molecule is CC(Nc1ncc(C#N)cc1[N+](=O)[O-])c1ccccc1Cl. The second-order valence-corrected chi connectivity index (χ2v) is 4.76. The summed E-state index contributed by atoms with van der Waals surface area (Å²) < 4.78 is 0. The summed E-state index contributed by atoms with van der Waals surface area (Å²) in [4.78, 5) is 14.4. The Hall–Kier alpha value is -2.65. The number of anilines is 1. The van der Waals surface area contributed by atoms with Gasteiger partial charge in [0.2, 0.25) is 5.82 Å². The minimum atomic E-state index is -0.574. The summed E-state index contributed by atoms with van der Waals surface area (Å²) in [5, 5.41) is 23.4. The van der Waals surface area contributed by atoms with E-state index in [1.165, 1.54) is 12.3 Å². The summed E-state index contributed by atoms with van der Waals surface area (Å²) in [7, 11) is 0. The molecule has 1 aromatic carbocycles. The average molecular weight is 303 g/mol. The standard InChI is InChI=1S/C14H11ClN4O2/c1-9(11-4-2-3-5-12(11)15)18-14-13(19(20)21)6-10(7-16)8-17-14/h2-6,8-9H,1H3,(H,17,18). The van der Waals surface area contributed by atoms with E-state index in [4.69, 9.17) is 16.9 Å². The van der Waals surface area contributed by atoms with E-state index >= 15 is 0 Å². The van der Waals surface area contributed by atoms with E-state index < -0.39 is 4.92 Å². The maximum Gasteiger partial charge on any atom is 0.312 e. The van der Waals surface area contributed by atoms with Gasteiger partial charge in [-0.05, 0) is 18.6 Å². The van der Waals surface area contributed by atoms with Crippen LogP contribution in [0.4, 0.5) is 11.5 Å². The van der Waals surface area contributed by atoms with E-state index in [9.17, 15) is 10.1 Å². The fourth-order valence-electron chi connectivity index (χ4n) is 1.87. The molecule has 1 aromatic heterocycles. The van der Waals surface area contributed by atoms with Crippen LogP contribution in [-0.4, -0.2) is 9.91 Å². The molecule has 0 aliphatic heterocycles. The van der Waals surface area contributed by atoms with Crippen molar-refractivity contribution in [3.05, 3.63) is 62.8 Å². The second-order valence-electron chi connectivity index (χ2n) is 4.35. The molecule has 1 heterocycles. The van der Waals surface area contributed by atoms with Crippen molar-refractivity contribution in [1.29, 1.82) is 5.26 Å². The highest BCUT2D eigenvalue weighted by Gasteiger charge is 2.19. The monoisotopic (exact) mass is 302 g/mol. The summed E-state index contributed by atoms with van der Waals surface area (Å²) in [5.74, 6) is 0.103. The first kappa shape index (κ1) is 14.8. The highest BCUT2D eigenvalue weighted by atomic mass is 35.5. The molecule has 0 aliphatic rings. The summed E-state index contributed by atoms with van der Waals surface area (Å²) in [6.45, 7) is 1.82. The third kappa shape index (κ3) is 3.27. The third-order valence-electron chi connectivity index (χ3n) is 2.92. The minimum Gasteiger partial charge on any atom is -0.358 e. The number of halogens is 1. The van der Waals surface area contributed by atoms with E-state index in [-0.39, 0.29) is 23.1 Å². The summed E-state index contributed by atoms with van der Waals surface area (Å²) in [6, 6.07) is 9.97. The van der Waals surface area contributed by atoms with Gasteiger partial charge in [-0.1, -0.05) is 29.8 Å². The van der Waals surface area contributed by atoms with E-state index in [2.05, 4.69) is 10.3 Å². The van der Waals surface area contributed by atoms with E-state index in [1.54, 1.807) is 12.1 Å². The first-order chi connectivity index (χ1) is 10.0. The van der Waals surface area contributed by atoms with E-state index in [0.717, 1.165) is 5.56 Å². The van der Waals surface area contributed by atoms with Gasteiger partial charge in [-0.25, -0.2) is 4.98 Å². The molecule has 106 valence electrons. The number of hydrogen-bond acceptors (Lipinski definition) is 5. The molecule has 0 radical (unpaired) electrons. The van der Waals surface area contributed by atoms with Crippen LogP contribution in [0, 0.1) is 21.4 Å². The number of nitro groups is 1. The van der Waals surface area contributed by atoms with Gasteiger partial charge in [-0.3, -0.25) is 10.1 Å². The van der Waals surface area contributed by atoms with Gasteiger partial charge in [-0.2, -0.15) is 5.26 Å². The van der Waals surface area contributed by atoms with Crippen LogP contribution in [0.2, 0.25) is 5.02 Å². The molecule has 0 aliphatic carbocycles. The van der Waals surface area contributed by atoms with Crippen LogP contribution in [0.25, 0.3) is 0 Å². The molecule has 0 spiro atoms. The van der Waals surface area contributed by atoms with Crippen molar-refractivity contribution >= 4 is 23.1 Å². The van der Waals surface area contributed by atoms with Crippen LogP contribution in [0.1, 0.15) is 24.1 Å². The van der Waals surface area contributed by atoms with E-state index in [0.29, 0.717) is 5.02 Å². The fraction of sp³-hybridized carbons (Fsp3) is 0.143. The Morgan fingerprint density at radius 1 is 1.48 bits per heavy atom. The van der Waals surface area contributed by atoms with Crippen molar-refractivity contribution in [3.8, 4) is 6.07 Å². The Morgan fingerprint density at radius 3 is 2.81 bits per heavy atom. The molecule has 0 saturated carbocycles. The largest absolute Gasteiger partial charge is 0.358 e. The zero-order valence-electron chi connectivity index (χ0n) is 11.1. The summed E-state index contributed by atoms with van der Waals surface area (Å²) in [5.41, 5.74) is 0.699. The molecular weight excluding hydrogens is 292 g/mol. The Bertz CT molecular complexity index is 727. The number of nitrogens with zero attached hydrogens (tertiary/aromatic N) is 3. The average Bonchev–Trinajstić information content (AvgIpc) is 2.47. The molecule has 0 amide bonds. The van der Waals surface area contributed by atoms with Crippen LogP contribution >= 0.6 is 11.6 Å². The minimum absolute atomic E-state index is 0.103. The number of hydrogen-bond donors (Lipinski definition) is 1. The predicted molar refractivity (Wildman–Crippen MR) is 79.1 cm³/mol. The molecular formula is C14H11ClN4O2. The van der Waals surface area contributed by atoms with Crippen LogP contribution < -0.4 is 5.32 Å². The lowest BCUT2D eigenvalue weighted by molar-refractivity contribution is -0.384. The van der Waals surface area contributed by atoms with Crippen molar-refractivity contribution in [2.24, 2.45) is 0 Å². The molecule has 6 nitrogen and oxygen atoms in total. The Balaban J connectivity index is 2.34. The number of aromatic nitrogens is 1. The molecule has 7 heteroatoms. The van der Waals surface area contributed by atoms with Crippen LogP contribution in [-0.2, 0) is 0 Å². The molecule has 1 N–H and O–H groups in total. The Labute approximate surface area is 126 Å². The lowest BCUT2D eigenvalue weighted by Gasteiger charge is -2.16. The topological polar surface area (TPSA) is 91.8 Å². The fourth-order valence-corrected chi connectivity index (χ4v) is 2.17. The highest BCUT2D eigenvalue weighted by molar-refractivity contribution is 6.31. The second kappa shape index (κ2) is 6.20. The Kier molecular flexibility index (Phi) is 4.36. The van der Waals surface area contributed by atoms with Crippen molar-refractivity contribution < 1.29 is 4.92 Å². The third-order valence-corrected chi connectivity index (χ3v) is 3.26. The molecule has 0 fully saturated rings. The number of nitriles is 1. The zero-order valence-corrected chi connectivity index (χ0v) is 11.8. The molecule has 2 rings (SSSR count). The smallest absolute Gasteiger partial charge is 0.312 e. The van der Waals surface area contributed by atoms with Crippen LogP contribution in [0.3, 0.4) is 0 Å². The number of nitrogens with one attached hydrogen (secondary N) is 1.